The van der Waals surface area contributed by atoms with Crippen LogP contribution in [-0.4, -0.2) is 29.1 Å². The van der Waals surface area contributed by atoms with Gasteiger partial charge in [-0.3, -0.25) is 4.98 Å². The number of nitrogens with two attached hydrogens (primary N) is 1. The fourth-order valence-electron chi connectivity index (χ4n) is 2.99. The van der Waals surface area contributed by atoms with Crippen molar-refractivity contribution in [3.63, 3.8) is 0 Å². The molecule has 5 N–H and O–H groups in total. The van der Waals surface area contributed by atoms with E-state index in [1.807, 2.05) is 0 Å². The van der Waals surface area contributed by atoms with Gasteiger partial charge < -0.3 is 26.4 Å². The van der Waals surface area contributed by atoms with Gasteiger partial charge in [-0.2, -0.15) is 0 Å². The van der Waals surface area contributed by atoms with E-state index in [0.29, 0.717) is 35.7 Å². The van der Waals surface area contributed by atoms with Crippen LogP contribution in [-0.2, 0) is 0 Å². The van der Waals surface area contributed by atoms with Gasteiger partial charge in [-0.05, 0) is 36.4 Å². The molecule has 34 heavy (non-hydrogen) atoms. The highest BCUT2D eigenvalue weighted by atomic mass is 19.2. The Kier molecular flexibility index (Phi) is 6.74. The summed E-state index contributed by atoms with van der Waals surface area (Å²) in [6.45, 7) is 0.969. The van der Waals surface area contributed by atoms with E-state index >= 15 is 0 Å². The molecule has 0 spiro atoms. The van der Waals surface area contributed by atoms with Crippen LogP contribution in [0.2, 0.25) is 0 Å². The monoisotopic (exact) mass is 468 g/mol. The summed E-state index contributed by atoms with van der Waals surface area (Å²) >= 11 is 0. The van der Waals surface area contributed by atoms with E-state index in [1.165, 1.54) is 18.2 Å². The van der Waals surface area contributed by atoms with Crippen LogP contribution in [0.4, 0.5) is 35.2 Å². The number of urea groups is 1. The van der Waals surface area contributed by atoms with E-state index in [4.69, 9.17) is 10.5 Å². The van der Waals surface area contributed by atoms with Gasteiger partial charge in [0.05, 0.1) is 17.2 Å². The molecular weight excluding hydrogens is 449 g/mol. The molecule has 1 heterocycles. The topological polar surface area (TPSA) is 114 Å². The van der Waals surface area contributed by atoms with Crippen LogP contribution in [0.15, 0.2) is 60.8 Å². The normalized spacial score (nSPS) is 10.7. The second kappa shape index (κ2) is 10.0. The van der Waals surface area contributed by atoms with Gasteiger partial charge >= 0.3 is 6.03 Å². The van der Waals surface area contributed by atoms with Gasteiger partial charge in [0, 0.05) is 42.7 Å². The van der Waals surface area contributed by atoms with Crippen LogP contribution in [0.5, 0.6) is 11.5 Å². The zero-order chi connectivity index (χ0) is 24.1. The molecule has 4 aromatic rings. The minimum atomic E-state index is -1.10. The van der Waals surface area contributed by atoms with Gasteiger partial charge in [-0.25, -0.2) is 22.9 Å². The number of carbonyl (C=O) groups is 1. The average molecular weight is 468 g/mol. The molecule has 0 unspecified atom stereocenters. The molecule has 1 aromatic heterocycles. The average Bonchev–Trinajstić information content (AvgIpc) is 2.82. The van der Waals surface area contributed by atoms with E-state index in [-0.39, 0.29) is 17.1 Å². The summed E-state index contributed by atoms with van der Waals surface area (Å²) in [6, 6.07) is 10.8. The molecular formula is C23H19F3N6O2. The van der Waals surface area contributed by atoms with Crippen LogP contribution >= 0.6 is 0 Å². The highest BCUT2D eigenvalue weighted by Crippen LogP contribution is 2.29. The number of anilines is 3. The molecule has 0 bridgehead atoms. The third-order valence-electron chi connectivity index (χ3n) is 4.56. The molecule has 2 amide bonds. The Morgan fingerprint density at radius 2 is 1.62 bits per heavy atom. The number of nitrogens with zero attached hydrogens (tertiary/aromatic N) is 2. The Morgan fingerprint density at radius 3 is 2.35 bits per heavy atom. The summed E-state index contributed by atoms with van der Waals surface area (Å²) in [6.07, 6.45) is 1.58. The molecule has 4 rings (SSSR count). The van der Waals surface area contributed by atoms with Crippen molar-refractivity contribution in [1.29, 1.82) is 0 Å². The third-order valence-corrected chi connectivity index (χ3v) is 4.56. The Bertz CT molecular complexity index is 1350. The predicted molar refractivity (Wildman–Crippen MR) is 123 cm³/mol. The molecule has 174 valence electrons. The number of aromatic nitrogens is 2. The minimum absolute atomic E-state index is 0.0487. The number of halogens is 3. The van der Waals surface area contributed by atoms with Crippen molar-refractivity contribution in [1.82, 2.24) is 9.97 Å². The number of ether oxygens (including phenoxy) is 1. The van der Waals surface area contributed by atoms with Crippen molar-refractivity contribution in [3.05, 3.63) is 78.2 Å². The second-order valence-corrected chi connectivity index (χ2v) is 7.08. The zero-order valence-electron chi connectivity index (χ0n) is 17.6. The highest BCUT2D eigenvalue weighted by molar-refractivity contribution is 5.99. The Morgan fingerprint density at radius 1 is 0.882 bits per heavy atom. The molecule has 0 aliphatic carbocycles. The summed E-state index contributed by atoms with van der Waals surface area (Å²) in [5.74, 6) is -2.09. The van der Waals surface area contributed by atoms with Crippen LogP contribution < -0.4 is 26.4 Å². The minimum Gasteiger partial charge on any atom is -0.454 e. The number of hydrogen-bond acceptors (Lipinski definition) is 6. The number of carbonyl (C=O) groups excluding carboxylic acids is 1. The van der Waals surface area contributed by atoms with Crippen LogP contribution in [0.3, 0.4) is 0 Å². The van der Waals surface area contributed by atoms with E-state index < -0.39 is 23.5 Å². The first-order valence-corrected chi connectivity index (χ1v) is 10.1. The Labute approximate surface area is 192 Å². The van der Waals surface area contributed by atoms with Gasteiger partial charge in [0.1, 0.15) is 11.6 Å². The van der Waals surface area contributed by atoms with E-state index in [2.05, 4.69) is 25.9 Å². The number of fused-ring (bicyclic) bond motifs is 1. The summed E-state index contributed by atoms with van der Waals surface area (Å²) in [5, 5.41) is 7.87. The predicted octanol–water partition coefficient (Wildman–Crippen LogP) is 4.85. The Balaban J connectivity index is 1.48. The molecule has 0 saturated heterocycles. The maximum atomic E-state index is 14.4. The van der Waals surface area contributed by atoms with Crippen LogP contribution in [0.25, 0.3) is 11.0 Å². The lowest BCUT2D eigenvalue weighted by atomic mass is 10.2. The number of benzene rings is 3. The van der Waals surface area contributed by atoms with Gasteiger partial charge in [0.25, 0.3) is 0 Å². The van der Waals surface area contributed by atoms with Crippen molar-refractivity contribution in [2.24, 2.45) is 5.73 Å². The molecule has 0 aliphatic rings. The van der Waals surface area contributed by atoms with Gasteiger partial charge in [-0.1, -0.05) is 0 Å². The van der Waals surface area contributed by atoms with Crippen molar-refractivity contribution >= 4 is 34.3 Å². The number of rotatable bonds is 7. The maximum Gasteiger partial charge on any atom is 0.323 e. The number of nitrogens with one attached hydrogen (secondary N) is 3. The number of amides is 2. The third kappa shape index (κ3) is 5.51. The van der Waals surface area contributed by atoms with E-state index in [1.54, 1.807) is 24.4 Å². The van der Waals surface area contributed by atoms with Crippen molar-refractivity contribution < 1.29 is 22.7 Å². The SMILES string of the molecule is NCCNc1cnc2ccc(Oc3cc(NC(=O)Nc4ccc(F)c(F)c4)ccc3F)cc2n1. The maximum absolute atomic E-state index is 14.4. The standard InChI is InChI=1S/C23H19F3N6O2/c24-16-4-1-13(9-18(16)26)30-23(33)31-14-2-5-17(25)21(10-14)34-15-3-6-19-20(11-15)32-22(12-29-19)28-8-7-27/h1-6,9-12H,7-8,27H2,(H,28,32)(H2,30,31,33). The summed E-state index contributed by atoms with van der Waals surface area (Å²) in [7, 11) is 0. The lowest BCUT2D eigenvalue weighted by Gasteiger charge is -2.11. The van der Waals surface area contributed by atoms with Crippen LogP contribution in [0, 0.1) is 17.5 Å². The number of hydrogen-bond donors (Lipinski definition) is 4. The quantitative estimate of drug-likeness (QED) is 0.308. The second-order valence-electron chi connectivity index (χ2n) is 7.08. The van der Waals surface area contributed by atoms with Gasteiger partial charge in [0.15, 0.2) is 23.2 Å². The molecule has 11 heteroatoms. The summed E-state index contributed by atoms with van der Waals surface area (Å²) in [5.41, 5.74) is 6.89. The highest BCUT2D eigenvalue weighted by Gasteiger charge is 2.11. The lowest BCUT2D eigenvalue weighted by Crippen LogP contribution is -2.19. The van der Waals surface area contributed by atoms with E-state index in [9.17, 15) is 18.0 Å². The summed E-state index contributed by atoms with van der Waals surface area (Å²) < 4.78 is 46.4. The summed E-state index contributed by atoms with van der Waals surface area (Å²) in [4.78, 5) is 20.9. The van der Waals surface area contributed by atoms with E-state index in [0.717, 1.165) is 18.2 Å². The Hall–Kier alpha value is -4.38. The fraction of sp³-hybridized carbons (Fsp3) is 0.0870. The molecule has 0 atom stereocenters. The van der Waals surface area contributed by atoms with Crippen molar-refractivity contribution in [2.45, 2.75) is 0 Å². The largest absolute Gasteiger partial charge is 0.454 e. The van der Waals surface area contributed by atoms with Crippen molar-refractivity contribution in [2.75, 3.05) is 29.0 Å². The molecule has 3 aromatic carbocycles. The first-order valence-electron chi connectivity index (χ1n) is 10.1. The molecule has 8 nitrogen and oxygen atoms in total. The zero-order valence-corrected chi connectivity index (χ0v) is 17.6. The van der Waals surface area contributed by atoms with Crippen molar-refractivity contribution in [3.8, 4) is 11.5 Å². The first kappa shape index (κ1) is 22.8. The van der Waals surface area contributed by atoms with Crippen LogP contribution in [0.1, 0.15) is 0 Å². The lowest BCUT2D eigenvalue weighted by molar-refractivity contribution is 0.262. The smallest absolute Gasteiger partial charge is 0.323 e. The van der Waals surface area contributed by atoms with Gasteiger partial charge in [0.2, 0.25) is 0 Å². The van der Waals surface area contributed by atoms with Gasteiger partial charge in [-0.15, -0.1) is 0 Å². The fourth-order valence-corrected chi connectivity index (χ4v) is 2.99. The molecule has 0 saturated carbocycles. The molecule has 0 aliphatic heterocycles. The first-order chi connectivity index (χ1) is 16.4. The molecule has 0 fully saturated rings. The molecule has 0 radical (unpaired) electrons.